The van der Waals surface area contributed by atoms with Crippen molar-refractivity contribution < 1.29 is 24.3 Å². The fourth-order valence-electron chi connectivity index (χ4n) is 2.98. The number of amides is 1. The highest BCUT2D eigenvalue weighted by molar-refractivity contribution is 5.94. The molecule has 0 bridgehead atoms. The molecule has 6 nitrogen and oxygen atoms in total. The van der Waals surface area contributed by atoms with Crippen molar-refractivity contribution in [2.24, 2.45) is 0 Å². The first-order chi connectivity index (χ1) is 13.5. The Kier molecular flexibility index (Phi) is 8.14. The van der Waals surface area contributed by atoms with Crippen LogP contribution in [0.25, 0.3) is 0 Å². The maximum Gasteiger partial charge on any atom is 0.282 e. The van der Waals surface area contributed by atoms with Crippen molar-refractivity contribution in [3.8, 4) is 17.2 Å². The number of methoxy groups -OCH3 is 1. The van der Waals surface area contributed by atoms with Gasteiger partial charge in [0.25, 0.3) is 5.91 Å². The number of nitrogens with one attached hydrogen (secondary N) is 1. The summed E-state index contributed by atoms with van der Waals surface area (Å²) in [7, 11) is 1.59. The normalized spacial score (nSPS) is 12.8. The Morgan fingerprint density at radius 2 is 1.68 bits per heavy atom. The van der Waals surface area contributed by atoms with Gasteiger partial charge in [-0.1, -0.05) is 12.1 Å². The van der Waals surface area contributed by atoms with E-state index in [0.29, 0.717) is 24.7 Å². The van der Waals surface area contributed by atoms with E-state index in [1.807, 2.05) is 68.6 Å². The summed E-state index contributed by atoms with van der Waals surface area (Å²) in [5.74, 6) is 2.03. The van der Waals surface area contributed by atoms with Crippen molar-refractivity contribution in [3.63, 3.8) is 0 Å². The number of nitrogens with two attached hydrogens (primary N) is 1. The first-order valence-corrected chi connectivity index (χ1v) is 9.68. The van der Waals surface area contributed by atoms with Crippen molar-refractivity contribution in [2.75, 3.05) is 25.6 Å². The molecular formula is C22H31N2O4+. The van der Waals surface area contributed by atoms with E-state index < -0.39 is 0 Å². The van der Waals surface area contributed by atoms with E-state index in [1.54, 1.807) is 7.11 Å². The van der Waals surface area contributed by atoms with E-state index in [2.05, 4.69) is 12.2 Å². The Morgan fingerprint density at radius 3 is 2.36 bits per heavy atom. The predicted octanol–water partition coefficient (Wildman–Crippen LogP) is 3.14. The van der Waals surface area contributed by atoms with Gasteiger partial charge in [-0.05, 0) is 58.0 Å². The molecule has 0 aromatic heterocycles. The molecular weight excluding hydrogens is 356 g/mol. The third-order valence-electron chi connectivity index (χ3n) is 4.45. The van der Waals surface area contributed by atoms with Crippen LogP contribution in [0.4, 0.5) is 5.69 Å². The molecule has 0 heterocycles. The van der Waals surface area contributed by atoms with Gasteiger partial charge in [0, 0.05) is 5.56 Å². The topological polar surface area (TPSA) is 73.4 Å². The van der Waals surface area contributed by atoms with Crippen molar-refractivity contribution in [1.29, 1.82) is 0 Å². The molecule has 0 aliphatic rings. The van der Waals surface area contributed by atoms with Crippen molar-refractivity contribution in [1.82, 2.24) is 0 Å². The highest BCUT2D eigenvalue weighted by Crippen LogP contribution is 2.30. The molecule has 3 N–H and O–H groups in total. The zero-order valence-corrected chi connectivity index (χ0v) is 17.3. The van der Waals surface area contributed by atoms with E-state index in [9.17, 15) is 4.79 Å². The van der Waals surface area contributed by atoms with Crippen LogP contribution >= 0.6 is 0 Å². The largest absolute Gasteiger partial charge is 0.495 e. The first kappa shape index (κ1) is 21.6. The summed E-state index contributed by atoms with van der Waals surface area (Å²) in [6, 6.07) is 13.1. The average molecular weight is 388 g/mol. The van der Waals surface area contributed by atoms with Gasteiger partial charge in [0.15, 0.2) is 17.5 Å². The van der Waals surface area contributed by atoms with E-state index >= 15 is 0 Å². The molecule has 0 fully saturated rings. The fourth-order valence-corrected chi connectivity index (χ4v) is 2.98. The third-order valence-corrected chi connectivity index (χ3v) is 4.45. The second-order valence-corrected chi connectivity index (χ2v) is 6.53. The smallest absolute Gasteiger partial charge is 0.282 e. The van der Waals surface area contributed by atoms with Gasteiger partial charge in [-0.3, -0.25) is 4.79 Å². The lowest BCUT2D eigenvalue weighted by Crippen LogP contribution is -2.91. The summed E-state index contributed by atoms with van der Waals surface area (Å²) in [5, 5.41) is 4.96. The Balaban J connectivity index is 2.05. The quantitative estimate of drug-likeness (QED) is 0.657. The van der Waals surface area contributed by atoms with Gasteiger partial charge in [-0.15, -0.1) is 0 Å². The van der Waals surface area contributed by atoms with Crippen LogP contribution < -0.4 is 24.8 Å². The molecule has 0 aliphatic carbocycles. The molecule has 0 unspecified atom stereocenters. The van der Waals surface area contributed by atoms with Crippen LogP contribution in [0.5, 0.6) is 17.2 Å². The SMILES string of the molecule is CCOc1ccc([C@@H](C)[NH2+][C@@H](C)C(=O)Nc2ccccc2OC)cc1OCC. The van der Waals surface area contributed by atoms with Gasteiger partial charge in [0.05, 0.1) is 26.0 Å². The van der Waals surface area contributed by atoms with E-state index in [0.717, 1.165) is 17.1 Å². The van der Waals surface area contributed by atoms with Gasteiger partial charge >= 0.3 is 0 Å². The van der Waals surface area contributed by atoms with Gasteiger partial charge in [-0.2, -0.15) is 0 Å². The maximum atomic E-state index is 12.6. The highest BCUT2D eigenvalue weighted by Gasteiger charge is 2.22. The monoisotopic (exact) mass is 387 g/mol. The number of carbonyl (C=O) groups is 1. The van der Waals surface area contributed by atoms with Crippen molar-refractivity contribution >= 4 is 11.6 Å². The Hall–Kier alpha value is -2.73. The first-order valence-electron chi connectivity index (χ1n) is 9.68. The summed E-state index contributed by atoms with van der Waals surface area (Å²) < 4.78 is 16.6. The minimum absolute atomic E-state index is 0.0766. The standard InChI is InChI=1S/C22H30N2O4/c1-6-27-20-13-12-17(14-21(20)28-7-2)15(3)23-16(4)22(25)24-18-10-8-9-11-19(18)26-5/h8-16,23H,6-7H2,1-5H3,(H,24,25)/p+1/t15-,16+/m1/s1. The number of carbonyl (C=O) groups excluding carboxylic acids is 1. The molecule has 0 saturated heterocycles. The predicted molar refractivity (Wildman–Crippen MR) is 110 cm³/mol. The van der Waals surface area contributed by atoms with Crippen LogP contribution in [0.15, 0.2) is 42.5 Å². The lowest BCUT2D eigenvalue weighted by molar-refractivity contribution is -0.709. The molecule has 0 aliphatic heterocycles. The second-order valence-electron chi connectivity index (χ2n) is 6.53. The average Bonchev–Trinajstić information content (AvgIpc) is 2.69. The molecule has 0 spiro atoms. The molecule has 2 aromatic rings. The number of para-hydroxylation sites is 2. The Labute approximate surface area is 167 Å². The number of quaternary nitrogens is 1. The zero-order chi connectivity index (χ0) is 20.5. The van der Waals surface area contributed by atoms with Crippen molar-refractivity contribution in [3.05, 3.63) is 48.0 Å². The highest BCUT2D eigenvalue weighted by atomic mass is 16.5. The molecule has 0 radical (unpaired) electrons. The van der Waals surface area contributed by atoms with E-state index in [-0.39, 0.29) is 18.0 Å². The Morgan fingerprint density at radius 1 is 1.00 bits per heavy atom. The summed E-state index contributed by atoms with van der Waals surface area (Å²) in [6.07, 6.45) is 0. The number of rotatable bonds is 10. The number of hydrogen-bond acceptors (Lipinski definition) is 4. The van der Waals surface area contributed by atoms with Gasteiger partial charge < -0.3 is 24.8 Å². The minimum Gasteiger partial charge on any atom is -0.495 e. The number of hydrogen-bond donors (Lipinski definition) is 2. The molecule has 6 heteroatoms. The molecule has 2 atom stereocenters. The lowest BCUT2D eigenvalue weighted by atomic mass is 10.1. The summed E-state index contributed by atoms with van der Waals surface area (Å²) in [6.45, 7) is 9.00. The van der Waals surface area contributed by atoms with Crippen molar-refractivity contribution in [2.45, 2.75) is 39.8 Å². The minimum atomic E-state index is -0.276. The van der Waals surface area contributed by atoms with E-state index in [4.69, 9.17) is 14.2 Å². The molecule has 2 aromatic carbocycles. The maximum absolute atomic E-state index is 12.6. The third kappa shape index (κ3) is 5.63. The fraction of sp³-hybridized carbons (Fsp3) is 0.409. The summed E-state index contributed by atoms with van der Waals surface area (Å²) in [5.41, 5.74) is 1.74. The lowest BCUT2D eigenvalue weighted by Gasteiger charge is -2.19. The van der Waals surface area contributed by atoms with E-state index in [1.165, 1.54) is 0 Å². The van der Waals surface area contributed by atoms with Crippen LogP contribution in [0.2, 0.25) is 0 Å². The summed E-state index contributed by atoms with van der Waals surface area (Å²) >= 11 is 0. The van der Waals surface area contributed by atoms with Crippen LogP contribution in [-0.4, -0.2) is 32.3 Å². The van der Waals surface area contributed by atoms with Crippen LogP contribution in [-0.2, 0) is 4.79 Å². The van der Waals surface area contributed by atoms with Gasteiger partial charge in [0.1, 0.15) is 11.8 Å². The Bertz CT molecular complexity index is 779. The molecule has 28 heavy (non-hydrogen) atoms. The van der Waals surface area contributed by atoms with Crippen LogP contribution in [0.1, 0.15) is 39.3 Å². The van der Waals surface area contributed by atoms with Crippen LogP contribution in [0.3, 0.4) is 0 Å². The molecule has 1 amide bonds. The number of anilines is 1. The molecule has 152 valence electrons. The number of benzene rings is 2. The second kappa shape index (κ2) is 10.6. The van der Waals surface area contributed by atoms with Gasteiger partial charge in [-0.25, -0.2) is 0 Å². The van der Waals surface area contributed by atoms with Gasteiger partial charge in [0.2, 0.25) is 0 Å². The molecule has 2 rings (SSSR count). The molecule has 0 saturated carbocycles. The zero-order valence-electron chi connectivity index (χ0n) is 17.3. The summed E-state index contributed by atoms with van der Waals surface area (Å²) in [4.78, 5) is 12.6. The van der Waals surface area contributed by atoms with Crippen LogP contribution in [0, 0.1) is 0 Å². The number of ether oxygens (including phenoxy) is 3.